The lowest BCUT2D eigenvalue weighted by atomic mass is 10.2. The van der Waals surface area contributed by atoms with Gasteiger partial charge in [-0.05, 0) is 31.2 Å². The van der Waals surface area contributed by atoms with E-state index >= 15 is 0 Å². The molecule has 0 spiro atoms. The van der Waals surface area contributed by atoms with Crippen LogP contribution in [-0.4, -0.2) is 14.6 Å². The molecular weight excluding hydrogens is 398 g/mol. The van der Waals surface area contributed by atoms with Crippen LogP contribution in [0.1, 0.15) is 17.1 Å². The van der Waals surface area contributed by atoms with E-state index in [-0.39, 0.29) is 12.2 Å². The van der Waals surface area contributed by atoms with Gasteiger partial charge in [0.05, 0.1) is 0 Å². The van der Waals surface area contributed by atoms with Crippen molar-refractivity contribution in [3.8, 4) is 17.1 Å². The number of aromatic nitrogens is 3. The molecule has 0 unspecified atom stereocenters. The predicted molar refractivity (Wildman–Crippen MR) is 116 cm³/mol. The second-order valence-corrected chi connectivity index (χ2v) is 7.82. The van der Waals surface area contributed by atoms with Crippen molar-refractivity contribution in [2.45, 2.75) is 13.5 Å². The molecule has 5 aromatic rings. The summed E-state index contributed by atoms with van der Waals surface area (Å²) in [5.74, 6) is 2.57. The van der Waals surface area contributed by atoms with Crippen LogP contribution in [-0.2, 0) is 6.61 Å². The zero-order valence-corrected chi connectivity index (χ0v) is 16.9. The van der Waals surface area contributed by atoms with Crippen LogP contribution in [0.4, 0.5) is 0 Å². The highest BCUT2D eigenvalue weighted by molar-refractivity contribution is 7.15. The Kier molecular flexibility index (Phi) is 4.65. The van der Waals surface area contributed by atoms with Crippen LogP contribution >= 0.6 is 11.3 Å². The van der Waals surface area contributed by atoms with Crippen molar-refractivity contribution in [1.29, 1.82) is 0 Å². The summed E-state index contributed by atoms with van der Waals surface area (Å²) in [6, 6.07) is 21.3. The number of furan rings is 1. The van der Waals surface area contributed by atoms with Crippen molar-refractivity contribution in [3.63, 3.8) is 0 Å². The van der Waals surface area contributed by atoms with Crippen LogP contribution in [0.15, 0.2) is 75.9 Å². The van der Waals surface area contributed by atoms with Gasteiger partial charge >= 0.3 is 0 Å². The highest BCUT2D eigenvalue weighted by Gasteiger charge is 2.12. The molecule has 0 aliphatic carbocycles. The molecule has 0 atom stereocenters. The van der Waals surface area contributed by atoms with Gasteiger partial charge < -0.3 is 9.15 Å². The monoisotopic (exact) mass is 415 g/mol. The van der Waals surface area contributed by atoms with Gasteiger partial charge in [-0.3, -0.25) is 4.79 Å². The fraction of sp³-hybridized carbons (Fsp3) is 0.0870. The van der Waals surface area contributed by atoms with Crippen molar-refractivity contribution in [2.24, 2.45) is 0 Å². The van der Waals surface area contributed by atoms with Crippen molar-refractivity contribution in [3.05, 3.63) is 98.8 Å². The average molecular weight is 415 g/mol. The van der Waals surface area contributed by atoms with Gasteiger partial charge in [0, 0.05) is 11.6 Å². The average Bonchev–Trinajstić information content (AvgIpc) is 3.46. The molecule has 148 valence electrons. The minimum absolute atomic E-state index is 0.203. The molecule has 0 saturated carbocycles. The predicted octanol–water partition coefficient (Wildman–Crippen LogP) is 3.85. The van der Waals surface area contributed by atoms with E-state index in [1.807, 2.05) is 73.7 Å². The molecule has 2 aromatic carbocycles. The van der Waals surface area contributed by atoms with Crippen molar-refractivity contribution < 1.29 is 9.15 Å². The van der Waals surface area contributed by atoms with Crippen LogP contribution in [0.2, 0.25) is 0 Å². The normalized spacial score (nSPS) is 12.0. The Labute approximate surface area is 175 Å². The van der Waals surface area contributed by atoms with E-state index < -0.39 is 0 Å². The number of rotatable bonds is 5. The Hall–Kier alpha value is -3.71. The first-order valence-electron chi connectivity index (χ1n) is 9.41. The Morgan fingerprint density at radius 2 is 1.87 bits per heavy atom. The maximum absolute atomic E-state index is 12.7. The Balaban J connectivity index is 1.38. The lowest BCUT2D eigenvalue weighted by molar-refractivity contribution is 0.296. The summed E-state index contributed by atoms with van der Waals surface area (Å²) >= 11 is 1.27. The molecule has 30 heavy (non-hydrogen) atoms. The molecule has 0 aliphatic rings. The second-order valence-electron chi connectivity index (χ2n) is 6.81. The van der Waals surface area contributed by atoms with Gasteiger partial charge in [-0.1, -0.05) is 59.4 Å². The van der Waals surface area contributed by atoms with Crippen LogP contribution in [0, 0.1) is 6.92 Å². The van der Waals surface area contributed by atoms with Crippen molar-refractivity contribution in [2.75, 3.05) is 0 Å². The third-order valence-electron chi connectivity index (χ3n) is 4.57. The smallest absolute Gasteiger partial charge is 0.291 e. The van der Waals surface area contributed by atoms with E-state index in [0.717, 1.165) is 22.6 Å². The molecule has 0 fully saturated rings. The number of thiazole rings is 1. The largest absolute Gasteiger partial charge is 0.486 e. The molecule has 0 amide bonds. The molecule has 0 saturated heterocycles. The summed E-state index contributed by atoms with van der Waals surface area (Å²) in [5, 5.41) is 4.29. The van der Waals surface area contributed by atoms with Gasteiger partial charge in [0.25, 0.3) is 5.56 Å². The maximum Gasteiger partial charge on any atom is 0.291 e. The summed E-state index contributed by atoms with van der Waals surface area (Å²) in [4.78, 5) is 17.6. The molecule has 0 bridgehead atoms. The molecule has 6 nitrogen and oxygen atoms in total. The molecule has 5 rings (SSSR count). The van der Waals surface area contributed by atoms with E-state index in [4.69, 9.17) is 9.15 Å². The van der Waals surface area contributed by atoms with Crippen LogP contribution < -0.4 is 14.8 Å². The lowest BCUT2D eigenvalue weighted by Crippen LogP contribution is -2.23. The number of hydrogen-bond acceptors (Lipinski definition) is 6. The minimum atomic E-state index is -0.221. The van der Waals surface area contributed by atoms with E-state index in [0.29, 0.717) is 21.1 Å². The van der Waals surface area contributed by atoms with Gasteiger partial charge in [-0.15, -0.1) is 5.10 Å². The highest BCUT2D eigenvalue weighted by atomic mass is 32.1. The third-order valence-corrected chi connectivity index (χ3v) is 5.53. The number of ether oxygens (including phenoxy) is 1. The van der Waals surface area contributed by atoms with Crippen molar-refractivity contribution in [1.82, 2.24) is 14.6 Å². The second kappa shape index (κ2) is 7.61. The fourth-order valence-corrected chi connectivity index (χ4v) is 3.94. The number of hydrogen-bond donors (Lipinski definition) is 0. The standard InChI is InChI=1S/C23H17N3O3S/c1-15-7-9-17(10-8-15)28-14-21-24-23-26(25-21)22(27)20(30-23)13-18-11-12-19(29-18)16-5-3-2-4-6-16/h2-13H,14H2,1H3/b20-13-. The van der Waals surface area contributed by atoms with Crippen LogP contribution in [0.25, 0.3) is 22.4 Å². The van der Waals surface area contributed by atoms with E-state index in [9.17, 15) is 4.79 Å². The van der Waals surface area contributed by atoms with Gasteiger partial charge in [-0.25, -0.2) is 0 Å². The maximum atomic E-state index is 12.7. The van der Waals surface area contributed by atoms with Gasteiger partial charge in [0.2, 0.25) is 4.96 Å². The molecule has 3 heterocycles. The molecule has 3 aromatic heterocycles. The lowest BCUT2D eigenvalue weighted by Gasteiger charge is -2.03. The van der Waals surface area contributed by atoms with Crippen LogP contribution in [0.3, 0.4) is 0 Å². The Morgan fingerprint density at radius 3 is 2.63 bits per heavy atom. The van der Waals surface area contributed by atoms with E-state index in [2.05, 4.69) is 10.1 Å². The summed E-state index contributed by atoms with van der Waals surface area (Å²) in [6.07, 6.45) is 1.72. The van der Waals surface area contributed by atoms with E-state index in [1.165, 1.54) is 15.9 Å². The highest BCUT2D eigenvalue weighted by Crippen LogP contribution is 2.22. The topological polar surface area (TPSA) is 69.6 Å². The van der Waals surface area contributed by atoms with Gasteiger partial charge in [-0.2, -0.15) is 9.50 Å². The zero-order chi connectivity index (χ0) is 20.5. The molecule has 0 radical (unpaired) electrons. The molecule has 7 heteroatoms. The number of fused-ring (bicyclic) bond motifs is 1. The SMILES string of the molecule is Cc1ccc(OCc2nc3s/c(=C\c4ccc(-c5ccccc5)o4)c(=O)n3n2)cc1. The summed E-state index contributed by atoms with van der Waals surface area (Å²) in [5.41, 5.74) is 1.93. The number of nitrogens with zero attached hydrogens (tertiary/aromatic N) is 3. The van der Waals surface area contributed by atoms with Gasteiger partial charge in [0.15, 0.2) is 5.82 Å². The van der Waals surface area contributed by atoms with Crippen LogP contribution in [0.5, 0.6) is 5.75 Å². The summed E-state index contributed by atoms with van der Waals surface area (Å²) in [6.45, 7) is 2.22. The number of benzene rings is 2. The first kappa shape index (κ1) is 18.3. The van der Waals surface area contributed by atoms with Crippen molar-refractivity contribution >= 4 is 22.4 Å². The molecular formula is C23H17N3O3S. The van der Waals surface area contributed by atoms with Gasteiger partial charge in [0.1, 0.15) is 28.4 Å². The third kappa shape index (κ3) is 3.62. The first-order valence-corrected chi connectivity index (χ1v) is 10.2. The first-order chi connectivity index (χ1) is 14.7. The summed E-state index contributed by atoms with van der Waals surface area (Å²) in [7, 11) is 0. The zero-order valence-electron chi connectivity index (χ0n) is 16.1. The molecule has 0 aliphatic heterocycles. The Bertz CT molecular complexity index is 1420. The number of aryl methyl sites for hydroxylation is 1. The fourth-order valence-electron chi connectivity index (χ4n) is 3.03. The Morgan fingerprint density at radius 1 is 1.07 bits per heavy atom. The molecule has 0 N–H and O–H groups in total. The minimum Gasteiger partial charge on any atom is -0.486 e. The quantitative estimate of drug-likeness (QED) is 0.436. The van der Waals surface area contributed by atoms with E-state index in [1.54, 1.807) is 6.08 Å². The summed E-state index contributed by atoms with van der Waals surface area (Å²) < 4.78 is 13.4.